The van der Waals surface area contributed by atoms with Crippen LogP contribution in [0.5, 0.6) is 5.75 Å². The second-order valence-electron chi connectivity index (χ2n) is 14.8. The van der Waals surface area contributed by atoms with Crippen molar-refractivity contribution in [3.63, 3.8) is 0 Å². The number of rotatable bonds is 7. The van der Waals surface area contributed by atoms with Crippen molar-refractivity contribution in [1.29, 1.82) is 0 Å². The standard InChI is InChI=1S/C35H45F3N2O7/c1-7-9-33(6)23(10-16(3)32(33,4)5)40(8-2)15-18-13-21(41)25-20(27(18)35(36,37)38)12-17-11-19-14-22(42)26(31(39)46)30(45)34(19,47)29(44)24(17)28(25)43/h13,16-17,19,23,41-42,44,47H,7-12,14-15H2,1-6H3,(H2,39,46)/t16?,17?,19-,23-,33?,34-/m0/s1. The van der Waals surface area contributed by atoms with E-state index in [9.17, 15) is 34.8 Å². The third kappa shape index (κ3) is 4.91. The summed E-state index contributed by atoms with van der Waals surface area (Å²) >= 11 is 0. The van der Waals surface area contributed by atoms with Crippen LogP contribution in [0.3, 0.4) is 0 Å². The smallest absolute Gasteiger partial charge is 0.417 e. The number of aromatic hydroxyl groups is 1. The Kier molecular flexibility index (Phi) is 8.44. The van der Waals surface area contributed by atoms with E-state index in [1.807, 2.05) is 11.8 Å². The molecule has 5 rings (SSSR count). The quantitative estimate of drug-likeness (QED) is 0.234. The number of benzene rings is 1. The first-order valence-electron chi connectivity index (χ1n) is 16.3. The molecule has 258 valence electrons. The van der Waals surface area contributed by atoms with E-state index in [1.165, 1.54) is 0 Å². The number of carbonyl (C=O) groups is 3. The molecule has 9 nitrogen and oxygen atoms in total. The largest absolute Gasteiger partial charge is 0.511 e. The zero-order valence-corrected chi connectivity index (χ0v) is 27.7. The molecule has 12 heteroatoms. The van der Waals surface area contributed by atoms with Gasteiger partial charge in [0.1, 0.15) is 22.8 Å². The van der Waals surface area contributed by atoms with Gasteiger partial charge < -0.3 is 26.2 Å². The molecular weight excluding hydrogens is 617 g/mol. The number of aliphatic hydroxyl groups is 3. The highest BCUT2D eigenvalue weighted by atomic mass is 19.4. The van der Waals surface area contributed by atoms with Crippen LogP contribution >= 0.6 is 0 Å². The number of hydrogen-bond acceptors (Lipinski definition) is 8. The molecule has 1 saturated carbocycles. The van der Waals surface area contributed by atoms with Gasteiger partial charge in [-0.25, -0.2) is 0 Å². The Morgan fingerprint density at radius 3 is 2.28 bits per heavy atom. The van der Waals surface area contributed by atoms with Crippen molar-refractivity contribution in [2.45, 2.75) is 104 Å². The number of nitrogens with zero attached hydrogens (tertiary/aromatic N) is 1. The topological polar surface area (TPSA) is 161 Å². The molecule has 0 saturated heterocycles. The van der Waals surface area contributed by atoms with Gasteiger partial charge in [-0.05, 0) is 72.1 Å². The van der Waals surface area contributed by atoms with Gasteiger partial charge in [0, 0.05) is 30.5 Å². The van der Waals surface area contributed by atoms with E-state index in [0.717, 1.165) is 25.3 Å². The lowest BCUT2D eigenvalue weighted by molar-refractivity contribution is -0.144. The molecule has 47 heavy (non-hydrogen) atoms. The lowest BCUT2D eigenvalue weighted by Gasteiger charge is -2.47. The van der Waals surface area contributed by atoms with Gasteiger partial charge in [-0.15, -0.1) is 0 Å². The maximum Gasteiger partial charge on any atom is 0.417 e. The molecule has 1 aromatic rings. The number of halogens is 3. The van der Waals surface area contributed by atoms with E-state index in [4.69, 9.17) is 5.73 Å². The van der Waals surface area contributed by atoms with Gasteiger partial charge in [0.25, 0.3) is 5.91 Å². The molecule has 1 fully saturated rings. The SMILES string of the molecule is CCCC1(C)[C@@H](N(CC)Cc2cc(O)c3c(c2C(F)(F)F)CC2C[C@H]4CC(O)=C(C(N)=O)C(=O)[C@@]4(O)C(O)=C2C3=O)CC(C)C1(C)C. The molecule has 1 amide bonds. The number of primary amides is 1. The first kappa shape index (κ1) is 34.9. The van der Waals surface area contributed by atoms with E-state index >= 15 is 13.2 Å². The Bertz CT molecular complexity index is 1610. The van der Waals surface area contributed by atoms with E-state index in [1.54, 1.807) is 0 Å². The molecule has 1 aromatic carbocycles. The number of fused-ring (bicyclic) bond motifs is 3. The molecule has 0 aliphatic heterocycles. The van der Waals surface area contributed by atoms with Crippen LogP contribution in [0.1, 0.15) is 101 Å². The van der Waals surface area contributed by atoms with Gasteiger partial charge in [-0.2, -0.15) is 13.2 Å². The van der Waals surface area contributed by atoms with Gasteiger partial charge in [-0.3, -0.25) is 19.3 Å². The summed E-state index contributed by atoms with van der Waals surface area (Å²) < 4.78 is 45.3. The Balaban J connectivity index is 1.63. The maximum atomic E-state index is 15.1. The van der Waals surface area contributed by atoms with Gasteiger partial charge in [-0.1, -0.05) is 48.0 Å². The van der Waals surface area contributed by atoms with Crippen molar-refractivity contribution >= 4 is 17.5 Å². The Labute approximate surface area is 272 Å². The number of phenols is 1. The molecule has 6 N–H and O–H groups in total. The van der Waals surface area contributed by atoms with Gasteiger partial charge in [0.15, 0.2) is 11.4 Å². The van der Waals surface area contributed by atoms with Crippen LogP contribution in [0.25, 0.3) is 0 Å². The predicted octanol–water partition coefficient (Wildman–Crippen LogP) is 5.66. The molecule has 0 radical (unpaired) electrons. The average Bonchev–Trinajstić information content (AvgIpc) is 3.12. The highest BCUT2D eigenvalue weighted by Gasteiger charge is 2.60. The van der Waals surface area contributed by atoms with E-state index in [-0.39, 0.29) is 35.4 Å². The highest BCUT2D eigenvalue weighted by Crippen LogP contribution is 2.60. The van der Waals surface area contributed by atoms with Gasteiger partial charge in [0.05, 0.1) is 11.1 Å². The minimum absolute atomic E-state index is 0.0318. The average molecular weight is 663 g/mol. The third-order valence-electron chi connectivity index (χ3n) is 12.4. The Morgan fingerprint density at radius 1 is 1.09 bits per heavy atom. The van der Waals surface area contributed by atoms with Crippen LogP contribution in [0.15, 0.2) is 28.7 Å². The molecule has 0 spiro atoms. The second-order valence-corrected chi connectivity index (χ2v) is 14.8. The number of nitrogens with two attached hydrogens (primary N) is 1. The number of ketones is 2. The lowest BCUT2D eigenvalue weighted by atomic mass is 9.60. The van der Waals surface area contributed by atoms with Crippen LogP contribution < -0.4 is 5.73 Å². The third-order valence-corrected chi connectivity index (χ3v) is 12.4. The lowest BCUT2D eigenvalue weighted by Crippen LogP contribution is -2.57. The van der Waals surface area contributed by atoms with Crippen LogP contribution in [0.4, 0.5) is 13.2 Å². The first-order valence-corrected chi connectivity index (χ1v) is 16.3. The Morgan fingerprint density at radius 2 is 1.72 bits per heavy atom. The number of amides is 1. The van der Waals surface area contributed by atoms with Crippen LogP contribution in [-0.4, -0.2) is 61.0 Å². The van der Waals surface area contributed by atoms with Crippen LogP contribution in [-0.2, 0) is 28.7 Å². The van der Waals surface area contributed by atoms with E-state index < -0.39 is 99.0 Å². The van der Waals surface area contributed by atoms with Crippen molar-refractivity contribution in [2.75, 3.05) is 6.54 Å². The summed E-state index contributed by atoms with van der Waals surface area (Å²) in [4.78, 5) is 41.0. The fourth-order valence-corrected chi connectivity index (χ4v) is 9.34. The van der Waals surface area contributed by atoms with E-state index in [0.29, 0.717) is 12.5 Å². The minimum atomic E-state index is -4.90. The summed E-state index contributed by atoms with van der Waals surface area (Å²) in [5.41, 5.74) is -1.48. The Hall–Kier alpha value is -3.38. The summed E-state index contributed by atoms with van der Waals surface area (Å²) in [5.74, 6) is -8.38. The van der Waals surface area contributed by atoms with Crippen molar-refractivity contribution < 1.29 is 48.0 Å². The number of hydrogen-bond donors (Lipinski definition) is 5. The summed E-state index contributed by atoms with van der Waals surface area (Å²) in [6.45, 7) is 13.2. The first-order chi connectivity index (χ1) is 21.7. The number of Topliss-reactive ketones (excluding diaryl/α,β-unsaturated/α-hetero) is 2. The molecule has 6 atom stereocenters. The maximum absolute atomic E-state index is 15.1. The fraction of sp³-hybridized carbons (Fsp3) is 0.629. The molecular formula is C35H45F3N2O7. The molecule has 0 heterocycles. The van der Waals surface area contributed by atoms with Crippen molar-refractivity contribution in [3.8, 4) is 5.75 Å². The molecule has 0 aromatic heterocycles. The predicted molar refractivity (Wildman–Crippen MR) is 166 cm³/mol. The fourth-order valence-electron chi connectivity index (χ4n) is 9.34. The monoisotopic (exact) mass is 662 g/mol. The second kappa shape index (κ2) is 11.4. The van der Waals surface area contributed by atoms with Crippen molar-refractivity contribution in [1.82, 2.24) is 4.90 Å². The van der Waals surface area contributed by atoms with Crippen molar-refractivity contribution in [3.05, 3.63) is 51.0 Å². The number of carbonyl (C=O) groups excluding carboxylic acids is 3. The number of allylic oxidation sites excluding steroid dienone is 2. The minimum Gasteiger partial charge on any atom is -0.511 e. The van der Waals surface area contributed by atoms with Crippen molar-refractivity contribution in [2.24, 2.45) is 34.3 Å². The van der Waals surface area contributed by atoms with Crippen LogP contribution in [0.2, 0.25) is 0 Å². The summed E-state index contributed by atoms with van der Waals surface area (Å²) in [6, 6.07) is 0.939. The number of phenolic OH excluding ortho intramolecular Hbond substituents is 1. The van der Waals surface area contributed by atoms with Gasteiger partial charge in [0.2, 0.25) is 5.78 Å². The van der Waals surface area contributed by atoms with Gasteiger partial charge >= 0.3 is 6.18 Å². The summed E-state index contributed by atoms with van der Waals surface area (Å²) in [6.07, 6.45) is -3.44. The highest BCUT2D eigenvalue weighted by molar-refractivity contribution is 6.24. The molecule has 3 unspecified atom stereocenters. The summed E-state index contributed by atoms with van der Waals surface area (Å²) in [7, 11) is 0. The summed E-state index contributed by atoms with van der Waals surface area (Å²) in [5, 5.41) is 44.2. The molecule has 4 aliphatic carbocycles. The van der Waals surface area contributed by atoms with Crippen LogP contribution in [0, 0.1) is 28.6 Å². The normalized spacial score (nSPS) is 32.1. The number of alkyl halides is 3. The zero-order chi connectivity index (χ0) is 35.2. The van der Waals surface area contributed by atoms with E-state index in [2.05, 4.69) is 34.6 Å². The molecule has 0 bridgehead atoms. The number of aliphatic hydroxyl groups excluding tert-OH is 2. The zero-order valence-electron chi connectivity index (χ0n) is 27.7. The molecule has 4 aliphatic rings.